The van der Waals surface area contributed by atoms with Crippen molar-refractivity contribution in [1.29, 1.82) is 0 Å². The molecule has 3 unspecified atom stereocenters. The van der Waals surface area contributed by atoms with Crippen LogP contribution in [0.1, 0.15) is 58.4 Å². The minimum Gasteiger partial charge on any atom is -0.313 e. The number of rotatable bonds is 5. The molecule has 3 atom stereocenters. The Hall–Kier alpha value is -0.820. The van der Waals surface area contributed by atoms with Crippen molar-refractivity contribution >= 4 is 0 Å². The van der Waals surface area contributed by atoms with Crippen molar-refractivity contribution in [1.82, 2.24) is 5.32 Å². The van der Waals surface area contributed by atoms with Gasteiger partial charge in [-0.3, -0.25) is 0 Å². The van der Waals surface area contributed by atoms with Crippen LogP contribution in [-0.4, -0.2) is 12.6 Å². The molecule has 0 aliphatic heterocycles. The molecular weight excluding hydrogens is 254 g/mol. The van der Waals surface area contributed by atoms with Crippen LogP contribution in [0.25, 0.3) is 0 Å². The molecule has 0 spiro atoms. The number of hydrogen-bond donors (Lipinski definition) is 1. The molecule has 0 bridgehead atoms. The normalized spacial score (nSPS) is 32.6. The van der Waals surface area contributed by atoms with E-state index in [-0.39, 0.29) is 0 Å². The van der Waals surface area contributed by atoms with Crippen molar-refractivity contribution in [2.75, 3.05) is 6.54 Å². The van der Waals surface area contributed by atoms with E-state index in [0.717, 1.165) is 24.3 Å². The second-order valence-electron chi connectivity index (χ2n) is 7.74. The molecule has 3 rings (SSSR count). The molecule has 1 N–H and O–H groups in total. The van der Waals surface area contributed by atoms with E-state index in [4.69, 9.17) is 0 Å². The Morgan fingerprint density at radius 1 is 1.05 bits per heavy atom. The third kappa shape index (κ3) is 3.04. The monoisotopic (exact) mass is 285 g/mol. The van der Waals surface area contributed by atoms with Crippen LogP contribution >= 0.6 is 0 Å². The Bertz CT molecular complexity index is 438. The second-order valence-corrected chi connectivity index (χ2v) is 7.74. The summed E-state index contributed by atoms with van der Waals surface area (Å²) in [5.74, 6) is 2.64. The highest BCUT2D eigenvalue weighted by molar-refractivity contribution is 5.34. The van der Waals surface area contributed by atoms with Gasteiger partial charge in [0.25, 0.3) is 0 Å². The van der Waals surface area contributed by atoms with Crippen LogP contribution in [0.5, 0.6) is 0 Å². The third-order valence-electron chi connectivity index (χ3n) is 5.84. The minimum atomic E-state index is 0.429. The molecule has 2 aliphatic carbocycles. The van der Waals surface area contributed by atoms with Crippen LogP contribution in [0, 0.1) is 17.8 Å². The molecule has 0 amide bonds. The molecule has 0 radical (unpaired) electrons. The minimum absolute atomic E-state index is 0.429. The Morgan fingerprint density at radius 3 is 2.19 bits per heavy atom. The lowest BCUT2D eigenvalue weighted by Crippen LogP contribution is -2.47. The molecule has 1 heteroatoms. The molecule has 2 aliphatic rings. The van der Waals surface area contributed by atoms with Gasteiger partial charge in [-0.25, -0.2) is 0 Å². The SMILES string of the molecule is CCNC(C1CC(C)CC(C)C1)C1(c2ccccc2)CC1. The number of benzene rings is 1. The van der Waals surface area contributed by atoms with E-state index < -0.39 is 0 Å². The first-order valence-electron chi connectivity index (χ1n) is 8.94. The van der Waals surface area contributed by atoms with Crippen molar-refractivity contribution in [2.24, 2.45) is 17.8 Å². The Labute approximate surface area is 130 Å². The van der Waals surface area contributed by atoms with Crippen molar-refractivity contribution in [2.45, 2.75) is 64.3 Å². The standard InChI is InChI=1S/C20H31N/c1-4-21-19(17-13-15(2)12-16(3)14-17)20(10-11-20)18-8-6-5-7-9-18/h5-9,15-17,19,21H,4,10-14H2,1-3H3. The lowest BCUT2D eigenvalue weighted by Gasteiger charge is -2.41. The zero-order chi connectivity index (χ0) is 14.9. The molecule has 116 valence electrons. The quantitative estimate of drug-likeness (QED) is 0.822. The zero-order valence-corrected chi connectivity index (χ0v) is 13.9. The van der Waals surface area contributed by atoms with Gasteiger partial charge in [0.1, 0.15) is 0 Å². The van der Waals surface area contributed by atoms with Gasteiger partial charge in [-0.1, -0.05) is 51.1 Å². The van der Waals surface area contributed by atoms with Gasteiger partial charge >= 0.3 is 0 Å². The molecule has 1 aromatic carbocycles. The van der Waals surface area contributed by atoms with E-state index >= 15 is 0 Å². The van der Waals surface area contributed by atoms with Gasteiger partial charge < -0.3 is 5.32 Å². The van der Waals surface area contributed by atoms with E-state index in [1.54, 1.807) is 5.56 Å². The fourth-order valence-electron chi connectivity index (χ4n) is 5.00. The summed E-state index contributed by atoms with van der Waals surface area (Å²) < 4.78 is 0. The van der Waals surface area contributed by atoms with Gasteiger partial charge in [0.2, 0.25) is 0 Å². The van der Waals surface area contributed by atoms with Gasteiger partial charge in [0.05, 0.1) is 0 Å². The molecule has 1 aromatic rings. The third-order valence-corrected chi connectivity index (χ3v) is 5.84. The van der Waals surface area contributed by atoms with Crippen LogP contribution in [0.2, 0.25) is 0 Å². The highest BCUT2D eigenvalue weighted by atomic mass is 15.0. The maximum atomic E-state index is 3.89. The van der Waals surface area contributed by atoms with E-state index in [1.165, 1.54) is 32.1 Å². The summed E-state index contributed by atoms with van der Waals surface area (Å²) in [6.07, 6.45) is 6.99. The summed E-state index contributed by atoms with van der Waals surface area (Å²) in [5.41, 5.74) is 2.00. The van der Waals surface area contributed by atoms with E-state index in [0.29, 0.717) is 11.5 Å². The molecule has 1 nitrogen and oxygen atoms in total. The largest absolute Gasteiger partial charge is 0.313 e. The first-order valence-corrected chi connectivity index (χ1v) is 8.94. The molecule has 2 saturated carbocycles. The van der Waals surface area contributed by atoms with Gasteiger partial charge in [-0.15, -0.1) is 0 Å². The van der Waals surface area contributed by atoms with Crippen LogP contribution < -0.4 is 5.32 Å². The van der Waals surface area contributed by atoms with Crippen LogP contribution in [0.3, 0.4) is 0 Å². The second kappa shape index (κ2) is 6.12. The Kier molecular flexibility index (Phi) is 4.40. The van der Waals surface area contributed by atoms with Crippen molar-refractivity contribution in [3.8, 4) is 0 Å². The van der Waals surface area contributed by atoms with Crippen LogP contribution in [-0.2, 0) is 5.41 Å². The number of hydrogen-bond acceptors (Lipinski definition) is 1. The number of nitrogens with one attached hydrogen (secondary N) is 1. The number of likely N-dealkylation sites (N-methyl/N-ethyl adjacent to an activating group) is 1. The van der Waals surface area contributed by atoms with Gasteiger partial charge in [0, 0.05) is 11.5 Å². The summed E-state index contributed by atoms with van der Waals surface area (Å²) >= 11 is 0. The topological polar surface area (TPSA) is 12.0 Å². The molecular formula is C20H31N. The van der Waals surface area contributed by atoms with Crippen LogP contribution in [0.4, 0.5) is 0 Å². The van der Waals surface area contributed by atoms with Gasteiger partial charge in [-0.2, -0.15) is 0 Å². The Morgan fingerprint density at radius 2 is 1.67 bits per heavy atom. The fraction of sp³-hybridized carbons (Fsp3) is 0.700. The first-order chi connectivity index (χ1) is 10.2. The van der Waals surface area contributed by atoms with Gasteiger partial charge in [-0.05, 0) is 62.0 Å². The maximum Gasteiger partial charge on any atom is 0.0192 e. The molecule has 21 heavy (non-hydrogen) atoms. The highest BCUT2D eigenvalue weighted by Gasteiger charge is 2.53. The summed E-state index contributed by atoms with van der Waals surface area (Å²) in [7, 11) is 0. The lowest BCUT2D eigenvalue weighted by atomic mass is 9.69. The predicted octanol–water partition coefficient (Wildman–Crippen LogP) is 4.77. The Balaban J connectivity index is 1.84. The van der Waals surface area contributed by atoms with E-state index in [9.17, 15) is 0 Å². The van der Waals surface area contributed by atoms with E-state index in [2.05, 4.69) is 56.4 Å². The lowest BCUT2D eigenvalue weighted by molar-refractivity contribution is 0.156. The van der Waals surface area contributed by atoms with Gasteiger partial charge in [0.15, 0.2) is 0 Å². The summed E-state index contributed by atoms with van der Waals surface area (Å²) in [6, 6.07) is 12.0. The molecule has 0 aromatic heterocycles. The average Bonchev–Trinajstić information content (AvgIpc) is 3.26. The summed E-state index contributed by atoms with van der Waals surface area (Å²) in [4.78, 5) is 0. The fourth-order valence-corrected chi connectivity index (χ4v) is 5.00. The highest BCUT2D eigenvalue weighted by Crippen LogP contribution is 2.55. The predicted molar refractivity (Wildman–Crippen MR) is 90.5 cm³/mol. The zero-order valence-electron chi connectivity index (χ0n) is 13.9. The maximum absolute atomic E-state index is 3.89. The van der Waals surface area contributed by atoms with Crippen LogP contribution in [0.15, 0.2) is 30.3 Å². The molecule has 0 saturated heterocycles. The summed E-state index contributed by atoms with van der Waals surface area (Å²) in [5, 5.41) is 3.89. The first kappa shape index (κ1) is 15.1. The van der Waals surface area contributed by atoms with Crippen molar-refractivity contribution < 1.29 is 0 Å². The molecule has 0 heterocycles. The smallest absolute Gasteiger partial charge is 0.0192 e. The van der Waals surface area contributed by atoms with Crippen molar-refractivity contribution in [3.63, 3.8) is 0 Å². The average molecular weight is 285 g/mol. The molecule has 2 fully saturated rings. The van der Waals surface area contributed by atoms with E-state index in [1.807, 2.05) is 0 Å². The van der Waals surface area contributed by atoms with Crippen molar-refractivity contribution in [3.05, 3.63) is 35.9 Å². The summed E-state index contributed by atoms with van der Waals surface area (Å²) in [6.45, 7) is 8.27.